The van der Waals surface area contributed by atoms with Crippen molar-refractivity contribution in [2.24, 2.45) is 0 Å². The predicted molar refractivity (Wildman–Crippen MR) is 85.6 cm³/mol. The number of hydrogen-bond acceptors (Lipinski definition) is 3. The molecule has 0 aliphatic rings. The number of aromatic nitrogens is 1. The Labute approximate surface area is 119 Å². The Balaban J connectivity index is 2.35. The Bertz CT molecular complexity index is 1030. The first-order chi connectivity index (χ1) is 9.75. The van der Waals surface area contributed by atoms with Crippen LogP contribution in [0.25, 0.3) is 31.1 Å². The molecular formula is C17H11NOS. The number of rotatable bonds is 0. The molecule has 0 aliphatic carbocycles. The summed E-state index contributed by atoms with van der Waals surface area (Å²) in [5.41, 5.74) is 2.00. The van der Waals surface area contributed by atoms with E-state index in [9.17, 15) is 4.79 Å². The second-order valence-corrected chi connectivity index (χ2v) is 5.96. The molecular weight excluding hydrogens is 266 g/mol. The van der Waals surface area contributed by atoms with Gasteiger partial charge in [0, 0.05) is 31.8 Å². The molecule has 0 radical (unpaired) electrons. The number of nitrogens with zero attached hydrogens (tertiary/aromatic N) is 1. The number of aryl methyl sites for hydroxylation is 1. The number of fused-ring (bicyclic) bond motifs is 3. The molecule has 3 heteroatoms. The van der Waals surface area contributed by atoms with Crippen molar-refractivity contribution in [1.82, 2.24) is 4.98 Å². The molecule has 0 aliphatic heterocycles. The van der Waals surface area contributed by atoms with E-state index in [1.54, 1.807) is 17.5 Å². The van der Waals surface area contributed by atoms with Gasteiger partial charge < -0.3 is 0 Å². The summed E-state index contributed by atoms with van der Waals surface area (Å²) in [6, 6.07) is 13.8. The zero-order valence-corrected chi connectivity index (χ0v) is 11.7. The maximum atomic E-state index is 12.7. The lowest BCUT2D eigenvalue weighted by Crippen LogP contribution is -2.03. The van der Waals surface area contributed by atoms with Gasteiger partial charge >= 0.3 is 0 Å². The standard InChI is InChI=1S/C17H11NOS/c1-10-15-14(9-11-5-4-8-18-16(10)11)20-13-7-3-2-6-12(13)17(15)19/h2-9H,1H3. The summed E-state index contributed by atoms with van der Waals surface area (Å²) in [7, 11) is 0. The fraction of sp³-hybridized carbons (Fsp3) is 0.0588. The molecule has 0 bridgehead atoms. The maximum Gasteiger partial charge on any atom is 0.196 e. The molecule has 2 aromatic heterocycles. The summed E-state index contributed by atoms with van der Waals surface area (Å²) in [4.78, 5) is 17.1. The largest absolute Gasteiger partial charge is 0.288 e. The van der Waals surface area contributed by atoms with E-state index in [4.69, 9.17) is 0 Å². The van der Waals surface area contributed by atoms with Crippen LogP contribution in [0.3, 0.4) is 0 Å². The minimum absolute atomic E-state index is 0.111. The summed E-state index contributed by atoms with van der Waals surface area (Å²) in [5, 5.41) is 2.69. The summed E-state index contributed by atoms with van der Waals surface area (Å²) < 4.78 is 2.07. The first-order valence-corrected chi connectivity index (χ1v) is 7.27. The van der Waals surface area contributed by atoms with E-state index in [0.29, 0.717) is 0 Å². The topological polar surface area (TPSA) is 30.0 Å². The van der Waals surface area contributed by atoms with Crippen molar-refractivity contribution >= 4 is 42.4 Å². The molecule has 2 nitrogen and oxygen atoms in total. The second kappa shape index (κ2) is 4.12. The van der Waals surface area contributed by atoms with Crippen LogP contribution in [-0.4, -0.2) is 4.98 Å². The van der Waals surface area contributed by atoms with Gasteiger partial charge in [-0.25, -0.2) is 0 Å². The second-order valence-electron chi connectivity index (χ2n) is 4.88. The van der Waals surface area contributed by atoms with Crippen molar-refractivity contribution in [3.8, 4) is 0 Å². The van der Waals surface area contributed by atoms with Crippen molar-refractivity contribution in [1.29, 1.82) is 0 Å². The minimum Gasteiger partial charge on any atom is -0.288 e. The van der Waals surface area contributed by atoms with Crippen molar-refractivity contribution in [3.63, 3.8) is 0 Å². The van der Waals surface area contributed by atoms with Crippen LogP contribution >= 0.6 is 11.3 Å². The highest BCUT2D eigenvalue weighted by atomic mass is 32.1. The van der Waals surface area contributed by atoms with Gasteiger partial charge in [-0.15, -0.1) is 11.3 Å². The van der Waals surface area contributed by atoms with Crippen molar-refractivity contribution in [3.05, 3.63) is 64.4 Å². The van der Waals surface area contributed by atoms with Gasteiger partial charge in [-0.1, -0.05) is 18.2 Å². The van der Waals surface area contributed by atoms with Gasteiger partial charge in [0.1, 0.15) is 0 Å². The molecule has 0 unspecified atom stereocenters. The first-order valence-electron chi connectivity index (χ1n) is 6.45. The Morgan fingerprint density at radius 2 is 1.90 bits per heavy atom. The Morgan fingerprint density at radius 1 is 1.05 bits per heavy atom. The highest BCUT2D eigenvalue weighted by molar-refractivity contribution is 7.24. The molecule has 0 saturated heterocycles. The van der Waals surface area contributed by atoms with Crippen LogP contribution < -0.4 is 5.43 Å². The van der Waals surface area contributed by atoms with E-state index in [1.165, 1.54) is 0 Å². The molecule has 4 aromatic rings. The average Bonchev–Trinajstić information content (AvgIpc) is 2.47. The Kier molecular flexibility index (Phi) is 2.38. The van der Waals surface area contributed by atoms with Crippen molar-refractivity contribution in [2.45, 2.75) is 6.92 Å². The lowest BCUT2D eigenvalue weighted by molar-refractivity contribution is 1.38. The summed E-state index contributed by atoms with van der Waals surface area (Å²) in [5.74, 6) is 0. The molecule has 0 spiro atoms. The highest BCUT2D eigenvalue weighted by Crippen LogP contribution is 2.30. The molecule has 0 atom stereocenters. The van der Waals surface area contributed by atoms with Crippen molar-refractivity contribution < 1.29 is 0 Å². The monoisotopic (exact) mass is 277 g/mol. The maximum absolute atomic E-state index is 12.7. The number of pyridine rings is 1. The molecule has 0 amide bonds. The van der Waals surface area contributed by atoms with Crippen LogP contribution in [0.15, 0.2) is 53.5 Å². The molecule has 0 N–H and O–H groups in total. The summed E-state index contributed by atoms with van der Waals surface area (Å²) in [6.07, 6.45) is 1.77. The molecule has 4 rings (SSSR count). The highest BCUT2D eigenvalue weighted by Gasteiger charge is 2.11. The number of hydrogen-bond donors (Lipinski definition) is 0. The predicted octanol–water partition coefficient (Wildman–Crippen LogP) is 4.27. The third kappa shape index (κ3) is 1.50. The van der Waals surface area contributed by atoms with Gasteiger partial charge in [-0.05, 0) is 36.8 Å². The summed E-state index contributed by atoms with van der Waals surface area (Å²) in [6.45, 7) is 1.99. The Hall–Kier alpha value is -2.26. The fourth-order valence-electron chi connectivity index (χ4n) is 2.72. The average molecular weight is 277 g/mol. The third-order valence-electron chi connectivity index (χ3n) is 3.68. The molecule has 20 heavy (non-hydrogen) atoms. The molecule has 2 heterocycles. The molecule has 96 valence electrons. The SMILES string of the molecule is Cc1c2ncccc2cc2sc3ccccc3c(=O)c12. The molecule has 2 aromatic carbocycles. The summed E-state index contributed by atoms with van der Waals surface area (Å²) >= 11 is 1.67. The van der Waals surface area contributed by atoms with E-state index in [-0.39, 0.29) is 5.43 Å². The Morgan fingerprint density at radius 3 is 2.80 bits per heavy atom. The lowest BCUT2D eigenvalue weighted by Gasteiger charge is -2.07. The fourth-order valence-corrected chi connectivity index (χ4v) is 3.91. The quantitative estimate of drug-likeness (QED) is 0.449. The van der Waals surface area contributed by atoms with Gasteiger partial charge in [0.2, 0.25) is 0 Å². The van der Waals surface area contributed by atoms with Gasteiger partial charge in [0.25, 0.3) is 0 Å². The van der Waals surface area contributed by atoms with E-state index in [1.807, 2.05) is 43.3 Å². The van der Waals surface area contributed by atoms with Crippen LogP contribution in [0.4, 0.5) is 0 Å². The smallest absolute Gasteiger partial charge is 0.196 e. The normalized spacial score (nSPS) is 11.4. The van der Waals surface area contributed by atoms with E-state index < -0.39 is 0 Å². The van der Waals surface area contributed by atoms with Crippen molar-refractivity contribution in [2.75, 3.05) is 0 Å². The zero-order valence-electron chi connectivity index (χ0n) is 10.9. The minimum atomic E-state index is 0.111. The number of benzene rings is 2. The van der Waals surface area contributed by atoms with Gasteiger partial charge in [-0.2, -0.15) is 0 Å². The molecule has 0 fully saturated rings. The first kappa shape index (κ1) is 11.6. The van der Waals surface area contributed by atoms with E-state index in [0.717, 1.165) is 36.6 Å². The van der Waals surface area contributed by atoms with Gasteiger partial charge in [0.15, 0.2) is 5.43 Å². The molecule has 0 saturated carbocycles. The van der Waals surface area contributed by atoms with E-state index in [2.05, 4.69) is 11.1 Å². The van der Waals surface area contributed by atoms with E-state index >= 15 is 0 Å². The third-order valence-corrected chi connectivity index (χ3v) is 4.80. The van der Waals surface area contributed by atoms with Gasteiger partial charge in [-0.3, -0.25) is 9.78 Å². The van der Waals surface area contributed by atoms with Crippen LogP contribution in [-0.2, 0) is 0 Å². The van der Waals surface area contributed by atoms with Crippen LogP contribution in [0.1, 0.15) is 5.56 Å². The van der Waals surface area contributed by atoms with Gasteiger partial charge in [0.05, 0.1) is 5.52 Å². The van der Waals surface area contributed by atoms with Crippen LogP contribution in [0, 0.1) is 6.92 Å². The zero-order chi connectivity index (χ0) is 13.7. The van der Waals surface area contributed by atoms with Crippen LogP contribution in [0.5, 0.6) is 0 Å². The lowest BCUT2D eigenvalue weighted by atomic mass is 10.0. The van der Waals surface area contributed by atoms with Crippen LogP contribution in [0.2, 0.25) is 0 Å².